The van der Waals surface area contributed by atoms with E-state index in [9.17, 15) is 19.8 Å². The van der Waals surface area contributed by atoms with Crippen LogP contribution < -0.4 is 10.9 Å². The molecular weight excluding hydrogens is 452 g/mol. The SMILES string of the molecule is CC(C)(CCCOCCCOCCCC(C)(C)Cc1cc(=O)c(O)co1)Cc1cc(=O)c(O)co1. The molecule has 0 aliphatic rings. The molecule has 0 saturated carbocycles. The van der Waals surface area contributed by atoms with Crippen molar-refractivity contribution >= 4 is 0 Å². The van der Waals surface area contributed by atoms with Gasteiger partial charge in [0.05, 0.1) is 0 Å². The van der Waals surface area contributed by atoms with Gasteiger partial charge in [0.2, 0.25) is 10.9 Å². The number of ether oxygens (including phenoxy) is 2. The van der Waals surface area contributed by atoms with Gasteiger partial charge in [-0.2, -0.15) is 0 Å². The highest BCUT2D eigenvalue weighted by atomic mass is 16.5. The van der Waals surface area contributed by atoms with Crippen molar-refractivity contribution in [3.8, 4) is 11.5 Å². The molecule has 0 radical (unpaired) electrons. The molecule has 0 spiro atoms. The molecule has 2 rings (SSSR count). The van der Waals surface area contributed by atoms with Gasteiger partial charge < -0.3 is 28.5 Å². The molecule has 2 aromatic rings. The molecule has 0 atom stereocenters. The predicted octanol–water partition coefficient (Wildman–Crippen LogP) is 4.83. The molecule has 0 fully saturated rings. The first-order chi connectivity index (χ1) is 16.5. The summed E-state index contributed by atoms with van der Waals surface area (Å²) in [4.78, 5) is 23.1. The van der Waals surface area contributed by atoms with E-state index in [0.29, 0.717) is 50.8 Å². The average Bonchev–Trinajstić information content (AvgIpc) is 2.76. The molecule has 0 unspecified atom stereocenters. The minimum Gasteiger partial charge on any atom is -0.502 e. The summed E-state index contributed by atoms with van der Waals surface area (Å²) in [5.41, 5.74) is -0.915. The highest BCUT2D eigenvalue weighted by molar-refractivity contribution is 5.16. The molecule has 0 bridgehead atoms. The Labute approximate surface area is 206 Å². The summed E-state index contributed by atoms with van der Waals surface area (Å²) in [6.07, 6.45) is 7.95. The Balaban J connectivity index is 1.49. The van der Waals surface area contributed by atoms with Gasteiger partial charge in [-0.15, -0.1) is 0 Å². The van der Waals surface area contributed by atoms with Crippen LogP contribution in [0, 0.1) is 10.8 Å². The van der Waals surface area contributed by atoms with Crippen LogP contribution in [0.2, 0.25) is 0 Å². The van der Waals surface area contributed by atoms with Crippen LogP contribution in [-0.4, -0.2) is 36.6 Å². The highest BCUT2D eigenvalue weighted by Crippen LogP contribution is 2.28. The zero-order valence-electron chi connectivity index (χ0n) is 21.4. The number of aromatic hydroxyl groups is 2. The first-order valence-electron chi connectivity index (χ1n) is 12.2. The van der Waals surface area contributed by atoms with Gasteiger partial charge in [0.15, 0.2) is 11.5 Å². The number of hydrogen-bond acceptors (Lipinski definition) is 8. The van der Waals surface area contributed by atoms with Crippen LogP contribution in [-0.2, 0) is 22.3 Å². The van der Waals surface area contributed by atoms with E-state index in [-0.39, 0.29) is 22.3 Å². The van der Waals surface area contributed by atoms with Gasteiger partial charge in [-0.05, 0) is 42.9 Å². The summed E-state index contributed by atoms with van der Waals surface area (Å²) >= 11 is 0. The van der Waals surface area contributed by atoms with Crippen LogP contribution in [0.3, 0.4) is 0 Å². The summed E-state index contributed by atoms with van der Waals surface area (Å²) in [5, 5.41) is 18.6. The Hall–Kier alpha value is -2.58. The average molecular weight is 493 g/mol. The van der Waals surface area contributed by atoms with E-state index in [1.807, 2.05) is 0 Å². The van der Waals surface area contributed by atoms with Crippen LogP contribution in [0.1, 0.15) is 71.3 Å². The lowest BCUT2D eigenvalue weighted by molar-refractivity contribution is 0.0732. The fourth-order valence-electron chi connectivity index (χ4n) is 3.97. The molecule has 8 nitrogen and oxygen atoms in total. The van der Waals surface area contributed by atoms with Crippen LogP contribution in [0.15, 0.2) is 43.1 Å². The Morgan fingerprint density at radius 2 is 1.06 bits per heavy atom. The molecule has 2 N–H and O–H groups in total. The second-order valence-electron chi connectivity index (χ2n) is 10.7. The Bertz CT molecular complexity index is 937. The van der Waals surface area contributed by atoms with Crippen LogP contribution in [0.25, 0.3) is 0 Å². The van der Waals surface area contributed by atoms with Crippen LogP contribution in [0.4, 0.5) is 0 Å². The minimum absolute atomic E-state index is 0.0409. The van der Waals surface area contributed by atoms with E-state index in [2.05, 4.69) is 27.7 Å². The second kappa shape index (κ2) is 13.5. The van der Waals surface area contributed by atoms with Crippen LogP contribution >= 0.6 is 0 Å². The largest absolute Gasteiger partial charge is 0.502 e. The van der Waals surface area contributed by atoms with Crippen molar-refractivity contribution in [2.45, 2.75) is 72.6 Å². The summed E-state index contributed by atoms with van der Waals surface area (Å²) in [5.74, 6) is 0.418. The third-order valence-corrected chi connectivity index (χ3v) is 5.90. The third kappa shape index (κ3) is 11.1. The van der Waals surface area contributed by atoms with Crippen molar-refractivity contribution in [2.75, 3.05) is 26.4 Å². The lowest BCUT2D eigenvalue weighted by Gasteiger charge is -2.24. The molecule has 8 heteroatoms. The zero-order valence-corrected chi connectivity index (χ0v) is 21.4. The quantitative estimate of drug-likeness (QED) is 0.320. The molecule has 0 aliphatic carbocycles. The first kappa shape index (κ1) is 28.7. The number of hydrogen-bond donors (Lipinski definition) is 2. The van der Waals surface area contributed by atoms with Gasteiger partial charge in [0, 0.05) is 51.4 Å². The standard InChI is InChI=1S/C27H40O8/c1-26(2,16-20-14-22(28)24(30)18-34-20)8-5-10-32-12-7-13-33-11-6-9-27(3,4)17-21-15-23(29)25(31)19-35-21/h14-15,18-19,30-31H,5-13,16-17H2,1-4H3. The lowest BCUT2D eigenvalue weighted by Crippen LogP contribution is -2.17. The van der Waals surface area contributed by atoms with E-state index >= 15 is 0 Å². The van der Waals surface area contributed by atoms with Crippen LogP contribution in [0.5, 0.6) is 11.5 Å². The van der Waals surface area contributed by atoms with Crippen molar-refractivity contribution in [3.63, 3.8) is 0 Å². The monoisotopic (exact) mass is 492 g/mol. The molecule has 35 heavy (non-hydrogen) atoms. The third-order valence-electron chi connectivity index (χ3n) is 5.90. The van der Waals surface area contributed by atoms with Gasteiger partial charge in [0.1, 0.15) is 24.0 Å². The molecule has 2 aromatic heterocycles. The number of rotatable bonds is 16. The van der Waals surface area contributed by atoms with Gasteiger partial charge in [-0.3, -0.25) is 9.59 Å². The van der Waals surface area contributed by atoms with E-state index in [0.717, 1.165) is 44.6 Å². The molecular formula is C27H40O8. The predicted molar refractivity (Wildman–Crippen MR) is 133 cm³/mol. The second-order valence-corrected chi connectivity index (χ2v) is 10.7. The first-order valence-corrected chi connectivity index (χ1v) is 12.2. The maximum atomic E-state index is 11.5. The Kier molecular flexibility index (Phi) is 11.0. The topological polar surface area (TPSA) is 119 Å². The summed E-state index contributed by atoms with van der Waals surface area (Å²) < 4.78 is 22.1. The molecule has 0 amide bonds. The van der Waals surface area contributed by atoms with Crippen molar-refractivity contribution in [3.05, 3.63) is 56.6 Å². The summed E-state index contributed by atoms with van der Waals surface area (Å²) in [7, 11) is 0. The van der Waals surface area contributed by atoms with Crippen molar-refractivity contribution in [1.29, 1.82) is 0 Å². The smallest absolute Gasteiger partial charge is 0.226 e. The van der Waals surface area contributed by atoms with Crippen molar-refractivity contribution < 1.29 is 28.5 Å². The van der Waals surface area contributed by atoms with Gasteiger partial charge >= 0.3 is 0 Å². The fraction of sp³-hybridized carbons (Fsp3) is 0.630. The normalized spacial score (nSPS) is 12.2. The molecule has 0 aromatic carbocycles. The molecule has 0 aliphatic heterocycles. The summed E-state index contributed by atoms with van der Waals surface area (Å²) in [6.45, 7) is 11.1. The highest BCUT2D eigenvalue weighted by Gasteiger charge is 2.21. The van der Waals surface area contributed by atoms with Crippen molar-refractivity contribution in [2.24, 2.45) is 10.8 Å². The zero-order chi connectivity index (χ0) is 25.9. The maximum Gasteiger partial charge on any atom is 0.226 e. The Morgan fingerprint density at radius 1 is 0.686 bits per heavy atom. The van der Waals surface area contributed by atoms with E-state index in [4.69, 9.17) is 18.3 Å². The molecule has 2 heterocycles. The van der Waals surface area contributed by atoms with Gasteiger partial charge in [-0.1, -0.05) is 27.7 Å². The van der Waals surface area contributed by atoms with Gasteiger partial charge in [-0.25, -0.2) is 0 Å². The molecule has 196 valence electrons. The van der Waals surface area contributed by atoms with Gasteiger partial charge in [0.25, 0.3) is 0 Å². The fourth-order valence-corrected chi connectivity index (χ4v) is 3.97. The van der Waals surface area contributed by atoms with E-state index < -0.39 is 10.9 Å². The van der Waals surface area contributed by atoms with Crippen molar-refractivity contribution in [1.82, 2.24) is 0 Å². The molecule has 0 saturated heterocycles. The van der Waals surface area contributed by atoms with E-state index in [1.54, 1.807) is 0 Å². The van der Waals surface area contributed by atoms with E-state index in [1.165, 1.54) is 12.1 Å². The maximum absolute atomic E-state index is 11.5. The summed E-state index contributed by atoms with van der Waals surface area (Å²) in [6, 6.07) is 2.70. The Morgan fingerprint density at radius 3 is 1.43 bits per heavy atom. The minimum atomic E-state index is -0.416. The lowest BCUT2D eigenvalue weighted by atomic mass is 9.83.